The summed E-state index contributed by atoms with van der Waals surface area (Å²) < 4.78 is 0. The molecule has 17 heavy (non-hydrogen) atoms. The lowest BCUT2D eigenvalue weighted by Gasteiger charge is -2.33. The largest absolute Gasteiger partial charge is 0.323 e. The van der Waals surface area contributed by atoms with Gasteiger partial charge >= 0.3 is 0 Å². The maximum atomic E-state index is 12.6. The van der Waals surface area contributed by atoms with Crippen molar-refractivity contribution in [1.82, 2.24) is 10.2 Å². The maximum absolute atomic E-state index is 12.6. The fraction of sp³-hybridized carbons (Fsp3) is 0.929. The molecular weight excluding hydrogens is 212 g/mol. The summed E-state index contributed by atoms with van der Waals surface area (Å²) in [5.74, 6) is 0.827. The smallest absolute Gasteiger partial charge is 0.244 e. The monoisotopic (exact) mass is 240 g/mol. The molecule has 3 heteroatoms. The third-order valence-electron chi connectivity index (χ3n) is 4.53. The van der Waals surface area contributed by atoms with Crippen molar-refractivity contribution < 1.29 is 4.79 Å². The van der Waals surface area contributed by atoms with E-state index in [0.29, 0.717) is 12.0 Å². The van der Waals surface area contributed by atoms with E-state index in [9.17, 15) is 4.79 Å². The Bertz CT molecular complexity index is 277. The summed E-state index contributed by atoms with van der Waals surface area (Å²) in [4.78, 5) is 14.6. The molecule has 0 aromatic heterocycles. The van der Waals surface area contributed by atoms with Crippen LogP contribution in [0.15, 0.2) is 0 Å². The van der Waals surface area contributed by atoms with Gasteiger partial charge in [0.15, 0.2) is 0 Å². The van der Waals surface area contributed by atoms with Gasteiger partial charge in [0.05, 0.1) is 11.7 Å². The third kappa shape index (κ3) is 2.49. The molecule has 1 rings (SSSR count). The summed E-state index contributed by atoms with van der Waals surface area (Å²) in [6.07, 6.45) is 3.15. The minimum absolute atomic E-state index is 0.205. The average Bonchev–Trinajstić information content (AvgIpc) is 2.60. The molecule has 0 aromatic rings. The molecule has 0 radical (unpaired) electrons. The molecule has 1 aliphatic rings. The van der Waals surface area contributed by atoms with E-state index in [2.05, 4.69) is 44.8 Å². The zero-order chi connectivity index (χ0) is 13.2. The highest BCUT2D eigenvalue weighted by Crippen LogP contribution is 2.29. The third-order valence-corrected chi connectivity index (χ3v) is 4.53. The Labute approximate surface area is 106 Å². The number of rotatable bonds is 5. The van der Waals surface area contributed by atoms with Crippen LogP contribution in [0.2, 0.25) is 0 Å². The summed E-state index contributed by atoms with van der Waals surface area (Å²) in [5.41, 5.74) is -0.359. The Morgan fingerprint density at radius 1 is 1.35 bits per heavy atom. The van der Waals surface area contributed by atoms with Gasteiger partial charge in [0.1, 0.15) is 0 Å². The van der Waals surface area contributed by atoms with Crippen LogP contribution in [-0.2, 0) is 4.79 Å². The lowest BCUT2D eigenvalue weighted by molar-refractivity contribution is -0.135. The van der Waals surface area contributed by atoms with E-state index in [4.69, 9.17) is 0 Å². The van der Waals surface area contributed by atoms with Crippen LogP contribution in [0.25, 0.3) is 0 Å². The summed E-state index contributed by atoms with van der Waals surface area (Å²) in [6, 6.07) is 0.318. The predicted molar refractivity (Wildman–Crippen MR) is 71.7 cm³/mol. The van der Waals surface area contributed by atoms with E-state index < -0.39 is 0 Å². The van der Waals surface area contributed by atoms with Crippen LogP contribution in [0.3, 0.4) is 0 Å². The van der Waals surface area contributed by atoms with Crippen LogP contribution < -0.4 is 5.32 Å². The number of carbonyl (C=O) groups excluding carboxylic acids is 1. The molecule has 1 aliphatic heterocycles. The lowest BCUT2D eigenvalue weighted by atomic mass is 9.96. The van der Waals surface area contributed by atoms with E-state index >= 15 is 0 Å². The standard InChI is InChI=1S/C14H28N2O/c1-7-10(4)11(5)16-12(8-2)15-14(6,9-3)13(16)17/h10-12,15H,7-9H2,1-6H3. The van der Waals surface area contributed by atoms with Crippen molar-refractivity contribution in [3.8, 4) is 0 Å². The van der Waals surface area contributed by atoms with E-state index in [1.165, 1.54) is 0 Å². The minimum atomic E-state index is -0.359. The highest BCUT2D eigenvalue weighted by atomic mass is 16.2. The summed E-state index contributed by atoms with van der Waals surface area (Å²) in [7, 11) is 0. The lowest BCUT2D eigenvalue weighted by Crippen LogP contribution is -2.46. The summed E-state index contributed by atoms with van der Waals surface area (Å²) in [5, 5.41) is 3.50. The van der Waals surface area contributed by atoms with E-state index in [0.717, 1.165) is 19.3 Å². The van der Waals surface area contributed by atoms with E-state index in [-0.39, 0.29) is 17.6 Å². The van der Waals surface area contributed by atoms with Gasteiger partial charge in [-0.15, -0.1) is 0 Å². The van der Waals surface area contributed by atoms with Gasteiger partial charge in [0, 0.05) is 6.04 Å². The molecule has 1 fully saturated rings. The van der Waals surface area contributed by atoms with Gasteiger partial charge in [0.25, 0.3) is 0 Å². The first kappa shape index (κ1) is 14.5. The van der Waals surface area contributed by atoms with Gasteiger partial charge in [-0.3, -0.25) is 10.1 Å². The Morgan fingerprint density at radius 2 is 1.94 bits per heavy atom. The molecule has 4 atom stereocenters. The maximum Gasteiger partial charge on any atom is 0.244 e. The second-order valence-electron chi connectivity index (χ2n) is 5.59. The van der Waals surface area contributed by atoms with Crippen molar-refractivity contribution >= 4 is 5.91 Å². The number of amides is 1. The van der Waals surface area contributed by atoms with Crippen LogP contribution in [-0.4, -0.2) is 28.6 Å². The molecule has 0 bridgehead atoms. The first-order valence-corrected chi connectivity index (χ1v) is 7.01. The van der Waals surface area contributed by atoms with Gasteiger partial charge in [-0.25, -0.2) is 0 Å². The van der Waals surface area contributed by atoms with Gasteiger partial charge in [-0.1, -0.05) is 34.1 Å². The van der Waals surface area contributed by atoms with Crippen molar-refractivity contribution in [3.05, 3.63) is 0 Å². The van der Waals surface area contributed by atoms with Crippen molar-refractivity contribution in [3.63, 3.8) is 0 Å². The quantitative estimate of drug-likeness (QED) is 0.801. The molecule has 1 saturated heterocycles. The number of carbonyl (C=O) groups is 1. The predicted octanol–water partition coefficient (Wildman–Crippen LogP) is 2.76. The van der Waals surface area contributed by atoms with Gasteiger partial charge < -0.3 is 4.90 Å². The normalized spacial score (nSPS) is 32.9. The molecule has 1 N–H and O–H groups in total. The second kappa shape index (κ2) is 5.38. The molecule has 3 nitrogen and oxygen atoms in total. The number of hydrogen-bond acceptors (Lipinski definition) is 2. The zero-order valence-electron chi connectivity index (χ0n) is 12.2. The summed E-state index contributed by atoms with van der Waals surface area (Å²) in [6.45, 7) is 12.8. The molecule has 0 saturated carbocycles. The van der Waals surface area contributed by atoms with Crippen molar-refractivity contribution in [1.29, 1.82) is 0 Å². The van der Waals surface area contributed by atoms with Gasteiger partial charge in [-0.05, 0) is 32.6 Å². The number of hydrogen-bond donors (Lipinski definition) is 1. The minimum Gasteiger partial charge on any atom is -0.323 e. The molecule has 0 aromatic carbocycles. The van der Waals surface area contributed by atoms with Crippen molar-refractivity contribution in [2.45, 2.75) is 78.6 Å². The second-order valence-corrected chi connectivity index (χ2v) is 5.59. The van der Waals surface area contributed by atoms with Crippen LogP contribution in [0.4, 0.5) is 0 Å². The average molecular weight is 240 g/mol. The Morgan fingerprint density at radius 3 is 2.35 bits per heavy atom. The highest BCUT2D eigenvalue weighted by Gasteiger charge is 2.48. The van der Waals surface area contributed by atoms with Crippen molar-refractivity contribution in [2.24, 2.45) is 5.92 Å². The molecule has 1 heterocycles. The first-order valence-electron chi connectivity index (χ1n) is 7.01. The van der Waals surface area contributed by atoms with Crippen LogP contribution >= 0.6 is 0 Å². The first-order chi connectivity index (χ1) is 7.91. The molecular formula is C14H28N2O. The highest BCUT2D eigenvalue weighted by molar-refractivity contribution is 5.88. The molecule has 100 valence electrons. The van der Waals surface area contributed by atoms with Crippen LogP contribution in [0.5, 0.6) is 0 Å². The summed E-state index contributed by atoms with van der Waals surface area (Å²) >= 11 is 0. The fourth-order valence-corrected chi connectivity index (χ4v) is 2.56. The fourth-order valence-electron chi connectivity index (χ4n) is 2.56. The molecule has 1 amide bonds. The molecule has 0 aliphatic carbocycles. The Hall–Kier alpha value is -0.570. The Balaban J connectivity index is 2.93. The zero-order valence-corrected chi connectivity index (χ0v) is 12.2. The number of nitrogens with zero attached hydrogens (tertiary/aromatic N) is 1. The van der Waals surface area contributed by atoms with Gasteiger partial charge in [-0.2, -0.15) is 0 Å². The van der Waals surface area contributed by atoms with Gasteiger partial charge in [0.2, 0.25) is 5.91 Å². The van der Waals surface area contributed by atoms with E-state index in [1.807, 2.05) is 6.92 Å². The molecule has 4 unspecified atom stereocenters. The number of nitrogens with one attached hydrogen (secondary N) is 1. The Kier molecular flexibility index (Phi) is 4.59. The topological polar surface area (TPSA) is 32.3 Å². The molecule has 0 spiro atoms. The van der Waals surface area contributed by atoms with Crippen LogP contribution in [0.1, 0.15) is 60.8 Å². The van der Waals surface area contributed by atoms with Crippen LogP contribution in [0, 0.1) is 5.92 Å². The van der Waals surface area contributed by atoms with Crippen molar-refractivity contribution in [2.75, 3.05) is 0 Å². The van der Waals surface area contributed by atoms with E-state index in [1.54, 1.807) is 0 Å². The SMILES string of the molecule is CCC(C)C(C)N1C(=O)C(C)(CC)NC1CC.